The molecule has 0 aromatic heterocycles. The second-order valence-electron chi connectivity index (χ2n) is 6.77. The van der Waals surface area contributed by atoms with Crippen LogP contribution in [0.1, 0.15) is 44.9 Å². The largest absolute Gasteiger partial charge is 0.198 e. The number of nitrogens with zero attached hydrogens (tertiary/aromatic N) is 5. The van der Waals surface area contributed by atoms with Crippen molar-refractivity contribution >= 4 is 23.8 Å². The minimum absolute atomic E-state index is 0.141. The van der Waals surface area contributed by atoms with E-state index in [1.165, 1.54) is 12.3 Å². The molecule has 0 aliphatic heterocycles. The average Bonchev–Trinajstić information content (AvgIpc) is 2.74. The summed E-state index contributed by atoms with van der Waals surface area (Å²) in [5.74, 6) is 0. The van der Waals surface area contributed by atoms with Crippen molar-refractivity contribution < 1.29 is 0 Å². The maximum Gasteiger partial charge on any atom is 0.0625 e. The van der Waals surface area contributed by atoms with Crippen molar-refractivity contribution in [2.45, 2.75) is 44.9 Å². The van der Waals surface area contributed by atoms with Gasteiger partial charge in [-0.15, -0.1) is 23.8 Å². The third-order valence-electron chi connectivity index (χ3n) is 4.60. The fourth-order valence-corrected chi connectivity index (χ4v) is 10.1. The van der Waals surface area contributed by atoms with Gasteiger partial charge in [-0.1, -0.05) is 0 Å². The lowest BCUT2D eigenvalue weighted by molar-refractivity contribution is 1.03. The van der Waals surface area contributed by atoms with Crippen LogP contribution in [0, 0.1) is 56.7 Å². The fraction of sp³-hybridized carbons (Fsp3) is 0.762. The molecular formula is C21H32N5P3. The normalized spacial score (nSPS) is 10.3. The summed E-state index contributed by atoms with van der Waals surface area (Å²) in [5, 5.41) is 44.3. The molecule has 0 atom stereocenters. The number of rotatable bonds is 18. The molecule has 5 nitrogen and oxygen atoms in total. The van der Waals surface area contributed by atoms with E-state index in [0.717, 1.165) is 56.0 Å². The zero-order chi connectivity index (χ0) is 21.6. The van der Waals surface area contributed by atoms with Crippen molar-refractivity contribution in [3.63, 3.8) is 0 Å². The van der Waals surface area contributed by atoms with Crippen LogP contribution in [0.5, 0.6) is 0 Å². The number of hydrogen-bond donors (Lipinski definition) is 0. The number of nitriles is 5. The first-order valence-corrected chi connectivity index (χ1v) is 15.9. The summed E-state index contributed by atoms with van der Waals surface area (Å²) in [6.07, 6.45) is 14.8. The van der Waals surface area contributed by atoms with Gasteiger partial charge in [-0.25, -0.2) is 0 Å². The van der Waals surface area contributed by atoms with E-state index in [1.807, 2.05) is 0 Å². The Morgan fingerprint density at radius 2 is 0.552 bits per heavy atom. The standard InChI is InChI=1S/C21H32N5P3/c22-8-1-13-27(14-2-9-23)18-6-20-29(17-5-12-26)21-7-19-28(15-3-10-24)16-4-11-25/h1-7,13-21H2. The van der Waals surface area contributed by atoms with Gasteiger partial charge < -0.3 is 0 Å². The minimum Gasteiger partial charge on any atom is -0.198 e. The molecule has 0 heterocycles. The smallest absolute Gasteiger partial charge is 0.0625 e. The molecule has 29 heavy (non-hydrogen) atoms. The van der Waals surface area contributed by atoms with E-state index in [-0.39, 0.29) is 23.8 Å². The Balaban J connectivity index is 4.43. The summed E-state index contributed by atoms with van der Waals surface area (Å²) in [7, 11) is -0.563. The SMILES string of the molecule is N#CCCP(CCC#N)CCCP(CCC#N)CCCP(CCC#N)CCC#N. The van der Waals surface area contributed by atoms with Crippen molar-refractivity contribution in [3.8, 4) is 30.3 Å². The second-order valence-corrected chi connectivity index (χ2v) is 14.8. The van der Waals surface area contributed by atoms with Crippen molar-refractivity contribution in [3.05, 3.63) is 0 Å². The summed E-state index contributed by atoms with van der Waals surface area (Å²) >= 11 is 0. The van der Waals surface area contributed by atoms with Crippen molar-refractivity contribution in [1.82, 2.24) is 0 Å². The molecule has 0 amide bonds. The molecule has 0 aliphatic carbocycles. The van der Waals surface area contributed by atoms with Gasteiger partial charge in [0.1, 0.15) is 0 Å². The average molecular weight is 447 g/mol. The predicted molar refractivity (Wildman–Crippen MR) is 125 cm³/mol. The monoisotopic (exact) mass is 447 g/mol. The van der Waals surface area contributed by atoms with E-state index in [0.29, 0.717) is 32.1 Å². The van der Waals surface area contributed by atoms with Gasteiger partial charge >= 0.3 is 0 Å². The van der Waals surface area contributed by atoms with Crippen LogP contribution in [-0.4, -0.2) is 55.5 Å². The molecule has 0 spiro atoms. The van der Waals surface area contributed by atoms with Crippen LogP contribution in [0.15, 0.2) is 0 Å². The molecule has 0 N–H and O–H groups in total. The zero-order valence-electron chi connectivity index (χ0n) is 17.4. The summed E-state index contributed by atoms with van der Waals surface area (Å²) in [6, 6.07) is 11.2. The summed E-state index contributed by atoms with van der Waals surface area (Å²) in [6.45, 7) is 0. The van der Waals surface area contributed by atoms with Crippen LogP contribution >= 0.6 is 23.8 Å². The van der Waals surface area contributed by atoms with Crippen LogP contribution in [0.3, 0.4) is 0 Å². The van der Waals surface area contributed by atoms with Crippen LogP contribution in [-0.2, 0) is 0 Å². The summed E-state index contributed by atoms with van der Waals surface area (Å²) in [4.78, 5) is 0. The molecular weight excluding hydrogens is 415 g/mol. The zero-order valence-corrected chi connectivity index (χ0v) is 20.1. The molecule has 0 saturated carbocycles. The maximum atomic E-state index is 8.98. The van der Waals surface area contributed by atoms with Crippen molar-refractivity contribution in [2.75, 3.05) is 55.5 Å². The van der Waals surface area contributed by atoms with Crippen LogP contribution < -0.4 is 0 Å². The highest BCUT2D eigenvalue weighted by molar-refractivity contribution is 7.59. The van der Waals surface area contributed by atoms with Gasteiger partial charge in [-0.3, -0.25) is 0 Å². The fourth-order valence-electron chi connectivity index (χ4n) is 3.08. The van der Waals surface area contributed by atoms with E-state index in [9.17, 15) is 0 Å². The number of hydrogen-bond acceptors (Lipinski definition) is 5. The molecule has 8 heteroatoms. The highest BCUT2D eigenvalue weighted by atomic mass is 31.1. The van der Waals surface area contributed by atoms with Crippen LogP contribution in [0.2, 0.25) is 0 Å². The molecule has 0 rings (SSSR count). The Morgan fingerprint density at radius 1 is 0.345 bits per heavy atom. The van der Waals surface area contributed by atoms with Crippen molar-refractivity contribution in [1.29, 1.82) is 26.3 Å². The van der Waals surface area contributed by atoms with Gasteiger partial charge in [0.2, 0.25) is 0 Å². The molecule has 0 aromatic rings. The topological polar surface area (TPSA) is 119 Å². The first kappa shape index (κ1) is 27.7. The molecule has 0 bridgehead atoms. The van der Waals surface area contributed by atoms with E-state index in [1.54, 1.807) is 0 Å². The molecule has 0 aromatic carbocycles. The van der Waals surface area contributed by atoms with Gasteiger partial charge in [0, 0.05) is 32.1 Å². The predicted octanol–water partition coefficient (Wildman–Crippen LogP) is 5.78. The Morgan fingerprint density at radius 3 is 0.759 bits per heavy atom. The Labute approximate surface area is 181 Å². The molecule has 0 saturated heterocycles. The Kier molecular flexibility index (Phi) is 20.5. The van der Waals surface area contributed by atoms with Gasteiger partial charge in [0.05, 0.1) is 30.3 Å². The van der Waals surface area contributed by atoms with Crippen molar-refractivity contribution in [2.24, 2.45) is 0 Å². The Bertz CT molecular complexity index is 539. The quantitative estimate of drug-likeness (QED) is 0.247. The lowest BCUT2D eigenvalue weighted by Crippen LogP contribution is -2.02. The minimum atomic E-state index is -0.211. The van der Waals surface area contributed by atoms with Gasteiger partial charge in [-0.2, -0.15) is 26.3 Å². The van der Waals surface area contributed by atoms with E-state index >= 15 is 0 Å². The van der Waals surface area contributed by atoms with Gasteiger partial charge in [-0.05, 0) is 68.3 Å². The molecule has 156 valence electrons. The maximum absolute atomic E-state index is 8.98. The highest BCUT2D eigenvalue weighted by Crippen LogP contribution is 2.44. The van der Waals surface area contributed by atoms with E-state index in [4.69, 9.17) is 26.3 Å². The molecule has 0 fully saturated rings. The second kappa shape index (κ2) is 21.4. The first-order valence-electron chi connectivity index (χ1n) is 10.2. The first-order chi connectivity index (χ1) is 14.2. The highest BCUT2D eigenvalue weighted by Gasteiger charge is 2.13. The summed E-state index contributed by atoms with van der Waals surface area (Å²) in [5.41, 5.74) is 0. The van der Waals surface area contributed by atoms with E-state index < -0.39 is 0 Å². The van der Waals surface area contributed by atoms with Crippen LogP contribution in [0.25, 0.3) is 0 Å². The lowest BCUT2D eigenvalue weighted by atomic mass is 10.5. The third-order valence-corrected chi connectivity index (χ3v) is 12.7. The Hall–Kier alpha value is -1.26. The van der Waals surface area contributed by atoms with Gasteiger partial charge in [0.15, 0.2) is 0 Å². The third kappa shape index (κ3) is 17.3. The summed E-state index contributed by atoms with van der Waals surface area (Å²) < 4.78 is 0. The lowest BCUT2D eigenvalue weighted by Gasteiger charge is -2.21. The molecule has 0 aliphatic rings. The molecule has 0 radical (unpaired) electrons. The van der Waals surface area contributed by atoms with Crippen LogP contribution in [0.4, 0.5) is 0 Å². The van der Waals surface area contributed by atoms with Gasteiger partial charge in [0.25, 0.3) is 0 Å². The molecule has 0 unspecified atom stereocenters. The van der Waals surface area contributed by atoms with E-state index in [2.05, 4.69) is 30.3 Å².